The maximum absolute atomic E-state index is 13.1. The van der Waals surface area contributed by atoms with Crippen molar-refractivity contribution >= 4 is 46.9 Å². The fraction of sp³-hybridized carbons (Fsp3) is 0.241. The Hall–Kier alpha value is -4.17. The number of ether oxygens (including phenoxy) is 1. The number of nitrogens with one attached hydrogen (secondary N) is 1. The number of carbonyl (C=O) groups is 3. The van der Waals surface area contributed by atoms with Gasteiger partial charge in [0.1, 0.15) is 11.5 Å². The zero-order chi connectivity index (χ0) is 26.8. The van der Waals surface area contributed by atoms with Crippen molar-refractivity contribution in [1.82, 2.24) is 5.32 Å². The highest BCUT2D eigenvalue weighted by Gasteiger charge is 2.29. The lowest BCUT2D eigenvalue weighted by atomic mass is 10.1. The summed E-state index contributed by atoms with van der Waals surface area (Å²) in [5, 5.41) is 8.97. The predicted octanol–water partition coefficient (Wildman–Crippen LogP) is 5.72. The van der Waals surface area contributed by atoms with Gasteiger partial charge in [-0.25, -0.2) is 4.79 Å². The largest absolute Gasteiger partial charge is 0.462 e. The summed E-state index contributed by atoms with van der Waals surface area (Å²) >= 11 is 6.28. The number of anilines is 1. The summed E-state index contributed by atoms with van der Waals surface area (Å²) < 4.78 is 11.0. The molecule has 8 nitrogen and oxygen atoms in total. The van der Waals surface area contributed by atoms with Crippen molar-refractivity contribution in [2.75, 3.05) is 18.2 Å². The van der Waals surface area contributed by atoms with E-state index in [1.54, 1.807) is 74.5 Å². The van der Waals surface area contributed by atoms with Gasteiger partial charge in [-0.05, 0) is 93.3 Å². The molecule has 5 rings (SSSR count). The topological polar surface area (TPSA) is 101 Å². The minimum atomic E-state index is -0.424. The normalized spacial score (nSPS) is 16.1. The molecule has 0 unspecified atom stereocenters. The van der Waals surface area contributed by atoms with E-state index in [4.69, 9.17) is 20.8 Å². The molecule has 2 aromatic carbocycles. The molecule has 1 saturated carbocycles. The van der Waals surface area contributed by atoms with E-state index in [9.17, 15) is 14.4 Å². The highest BCUT2D eigenvalue weighted by atomic mass is 35.5. The van der Waals surface area contributed by atoms with Crippen molar-refractivity contribution in [3.05, 3.63) is 82.1 Å². The van der Waals surface area contributed by atoms with E-state index in [1.807, 2.05) is 0 Å². The van der Waals surface area contributed by atoms with Gasteiger partial charge in [-0.2, -0.15) is 10.1 Å². The van der Waals surface area contributed by atoms with Crippen LogP contribution in [0.1, 0.15) is 53.2 Å². The van der Waals surface area contributed by atoms with Crippen LogP contribution in [0, 0.1) is 5.92 Å². The Morgan fingerprint density at radius 3 is 2.63 bits per heavy atom. The molecule has 0 saturated heterocycles. The molecule has 0 atom stereocenters. The fourth-order valence-electron chi connectivity index (χ4n) is 4.05. The molecular formula is C29H26ClN3O5. The molecule has 1 aliphatic heterocycles. The number of halogens is 1. The summed E-state index contributed by atoms with van der Waals surface area (Å²) in [5.41, 5.74) is 2.93. The number of hydrogen-bond donors (Lipinski definition) is 1. The summed E-state index contributed by atoms with van der Waals surface area (Å²) in [6, 6.07) is 15.2. The molecular weight excluding hydrogens is 506 g/mol. The molecule has 38 heavy (non-hydrogen) atoms. The van der Waals surface area contributed by atoms with Crippen LogP contribution in [0.4, 0.5) is 5.69 Å². The molecule has 9 heteroatoms. The first-order valence-electron chi connectivity index (χ1n) is 12.4. The third-order valence-electron chi connectivity index (χ3n) is 6.34. The quantitative estimate of drug-likeness (QED) is 0.296. The van der Waals surface area contributed by atoms with Gasteiger partial charge in [0.05, 0.1) is 39.7 Å². The first kappa shape index (κ1) is 25.5. The maximum Gasteiger partial charge on any atom is 0.338 e. The van der Waals surface area contributed by atoms with Crippen LogP contribution in [-0.2, 0) is 9.53 Å². The fourth-order valence-corrected chi connectivity index (χ4v) is 4.25. The average molecular weight is 532 g/mol. The van der Waals surface area contributed by atoms with Gasteiger partial charge in [0, 0.05) is 12.1 Å². The second-order valence-electron chi connectivity index (χ2n) is 9.18. The lowest BCUT2D eigenvalue weighted by Crippen LogP contribution is -2.25. The maximum atomic E-state index is 13.1. The molecule has 1 aromatic heterocycles. The number of esters is 1. The monoisotopic (exact) mass is 531 g/mol. The van der Waals surface area contributed by atoms with E-state index in [1.165, 1.54) is 5.01 Å². The second-order valence-corrected chi connectivity index (χ2v) is 9.58. The number of hydrazone groups is 1. The van der Waals surface area contributed by atoms with Crippen LogP contribution >= 0.6 is 11.6 Å². The molecule has 0 radical (unpaired) electrons. The van der Waals surface area contributed by atoms with Gasteiger partial charge in [0.25, 0.3) is 11.8 Å². The van der Waals surface area contributed by atoms with Crippen LogP contribution in [-0.4, -0.2) is 36.6 Å². The molecule has 3 aromatic rings. The van der Waals surface area contributed by atoms with Crippen LogP contribution in [0.3, 0.4) is 0 Å². The van der Waals surface area contributed by atoms with E-state index >= 15 is 0 Å². The molecule has 1 fully saturated rings. The predicted molar refractivity (Wildman–Crippen MR) is 145 cm³/mol. The van der Waals surface area contributed by atoms with Crippen LogP contribution < -0.4 is 10.3 Å². The van der Waals surface area contributed by atoms with Gasteiger partial charge >= 0.3 is 5.97 Å². The van der Waals surface area contributed by atoms with Gasteiger partial charge in [0.15, 0.2) is 0 Å². The van der Waals surface area contributed by atoms with E-state index in [2.05, 4.69) is 10.4 Å². The van der Waals surface area contributed by atoms with E-state index < -0.39 is 5.97 Å². The lowest BCUT2D eigenvalue weighted by molar-refractivity contribution is -0.114. The van der Waals surface area contributed by atoms with Crippen molar-refractivity contribution in [3.8, 4) is 11.3 Å². The van der Waals surface area contributed by atoms with Crippen molar-refractivity contribution < 1.29 is 23.5 Å². The Bertz CT molecular complexity index is 1470. The Kier molecular flexibility index (Phi) is 7.15. The SMILES string of the molecule is CCOC(=O)c1ccc(N2N=C(C)/C(=C/c3ccc(-c4ccc(Cl)c(C(=O)NCC5CC5)c4)o3)C2=O)cc1. The van der Waals surface area contributed by atoms with Gasteiger partial charge in [-0.3, -0.25) is 9.59 Å². The Balaban J connectivity index is 1.32. The average Bonchev–Trinajstić information content (AvgIpc) is 3.56. The summed E-state index contributed by atoms with van der Waals surface area (Å²) in [5.74, 6) is 0.615. The number of furan rings is 1. The summed E-state index contributed by atoms with van der Waals surface area (Å²) in [7, 11) is 0. The number of carbonyl (C=O) groups excluding carboxylic acids is 3. The van der Waals surface area contributed by atoms with Gasteiger partial charge in [-0.15, -0.1) is 0 Å². The summed E-state index contributed by atoms with van der Waals surface area (Å²) in [4.78, 5) is 37.6. The summed E-state index contributed by atoms with van der Waals surface area (Å²) in [6.45, 7) is 4.42. The summed E-state index contributed by atoms with van der Waals surface area (Å²) in [6.07, 6.45) is 3.92. The standard InChI is InChI=1S/C29H26ClN3O5/c1-3-37-29(36)19-6-9-21(10-7-19)33-28(35)23(17(2)32-33)15-22-11-13-26(38-22)20-8-12-25(30)24(14-20)27(34)31-16-18-4-5-18/h6-15,18H,3-5,16H2,1-2H3,(H,31,34)/b23-15-. The van der Waals surface area contributed by atoms with Crippen LogP contribution in [0.15, 0.2) is 69.7 Å². The third kappa shape index (κ3) is 5.40. The smallest absolute Gasteiger partial charge is 0.338 e. The molecule has 2 aliphatic rings. The molecule has 2 heterocycles. The highest BCUT2D eigenvalue weighted by molar-refractivity contribution is 6.34. The van der Waals surface area contributed by atoms with Crippen LogP contribution in [0.25, 0.3) is 17.4 Å². The van der Waals surface area contributed by atoms with E-state index in [0.717, 1.165) is 12.8 Å². The first-order valence-corrected chi connectivity index (χ1v) is 12.8. The first-order chi connectivity index (χ1) is 18.3. The number of nitrogens with zero attached hydrogens (tertiary/aromatic N) is 2. The minimum absolute atomic E-state index is 0.212. The van der Waals surface area contributed by atoms with Gasteiger partial charge in [-0.1, -0.05) is 11.6 Å². The molecule has 2 amide bonds. The molecule has 194 valence electrons. The zero-order valence-electron chi connectivity index (χ0n) is 21.0. The Morgan fingerprint density at radius 2 is 1.92 bits per heavy atom. The Labute approximate surface area is 224 Å². The Morgan fingerprint density at radius 1 is 1.16 bits per heavy atom. The zero-order valence-corrected chi connectivity index (χ0v) is 21.7. The lowest BCUT2D eigenvalue weighted by Gasteiger charge is -2.12. The van der Waals surface area contributed by atoms with Gasteiger partial charge < -0.3 is 14.5 Å². The second kappa shape index (κ2) is 10.7. The van der Waals surface area contributed by atoms with Crippen molar-refractivity contribution in [2.24, 2.45) is 11.0 Å². The number of hydrogen-bond acceptors (Lipinski definition) is 6. The number of amides is 2. The highest BCUT2D eigenvalue weighted by Crippen LogP contribution is 2.31. The van der Waals surface area contributed by atoms with Crippen molar-refractivity contribution in [3.63, 3.8) is 0 Å². The molecule has 0 spiro atoms. The van der Waals surface area contributed by atoms with E-state index in [-0.39, 0.29) is 18.4 Å². The molecule has 1 aliphatic carbocycles. The minimum Gasteiger partial charge on any atom is -0.462 e. The third-order valence-corrected chi connectivity index (χ3v) is 6.67. The number of rotatable bonds is 8. The van der Waals surface area contributed by atoms with E-state index in [0.29, 0.717) is 62.7 Å². The van der Waals surface area contributed by atoms with Crippen molar-refractivity contribution in [1.29, 1.82) is 0 Å². The van der Waals surface area contributed by atoms with Gasteiger partial charge in [0.2, 0.25) is 0 Å². The van der Waals surface area contributed by atoms with Crippen LogP contribution in [0.2, 0.25) is 5.02 Å². The molecule has 0 bridgehead atoms. The van der Waals surface area contributed by atoms with Crippen molar-refractivity contribution in [2.45, 2.75) is 26.7 Å². The van der Waals surface area contributed by atoms with Crippen LogP contribution in [0.5, 0.6) is 0 Å². The number of benzene rings is 2. The molecule has 1 N–H and O–H groups in total.